The van der Waals surface area contributed by atoms with Crippen LogP contribution in [0.4, 0.5) is 5.69 Å². The number of Topliss-reactive ketones (excluding diaryl/α,β-unsaturated/α-hetero) is 1. The van der Waals surface area contributed by atoms with E-state index in [1.54, 1.807) is 30.0 Å². The predicted molar refractivity (Wildman–Crippen MR) is 98.6 cm³/mol. The molecule has 0 bridgehead atoms. The molecule has 26 heavy (non-hydrogen) atoms. The summed E-state index contributed by atoms with van der Waals surface area (Å²) in [5.41, 5.74) is 2.94. The molecule has 2 heterocycles. The summed E-state index contributed by atoms with van der Waals surface area (Å²) in [5, 5.41) is 2.69. The van der Waals surface area contributed by atoms with Crippen molar-refractivity contribution in [3.63, 3.8) is 0 Å². The number of esters is 1. The van der Waals surface area contributed by atoms with E-state index in [4.69, 9.17) is 4.74 Å². The normalized spacial score (nSPS) is 14.0. The molecule has 0 fully saturated rings. The third-order valence-electron chi connectivity index (χ3n) is 4.31. The second kappa shape index (κ2) is 7.37. The van der Waals surface area contributed by atoms with Crippen LogP contribution in [0, 0.1) is 6.92 Å². The van der Waals surface area contributed by atoms with Gasteiger partial charge in [-0.3, -0.25) is 14.4 Å². The number of carbonyl (C=O) groups is 3. The number of ketones is 1. The van der Waals surface area contributed by atoms with Gasteiger partial charge in [0.25, 0.3) is 0 Å². The zero-order valence-electron chi connectivity index (χ0n) is 14.9. The van der Waals surface area contributed by atoms with Gasteiger partial charge in [0.15, 0.2) is 6.10 Å². The van der Waals surface area contributed by atoms with E-state index in [0.29, 0.717) is 24.2 Å². The summed E-state index contributed by atoms with van der Waals surface area (Å²) < 4.78 is 5.27. The van der Waals surface area contributed by atoms with Crippen LogP contribution in [-0.4, -0.2) is 35.3 Å². The van der Waals surface area contributed by atoms with Gasteiger partial charge in [0.1, 0.15) is 0 Å². The number of aromatic nitrogens is 1. The Balaban J connectivity index is 1.65. The molecule has 7 heteroatoms. The molecule has 0 saturated carbocycles. The Bertz CT molecular complexity index is 874. The van der Waals surface area contributed by atoms with E-state index < -0.39 is 12.1 Å². The van der Waals surface area contributed by atoms with Crippen molar-refractivity contribution in [2.24, 2.45) is 0 Å². The number of hydrogen-bond acceptors (Lipinski definition) is 6. The highest BCUT2D eigenvalue weighted by molar-refractivity contribution is 7.09. The quantitative estimate of drug-likeness (QED) is 0.596. The van der Waals surface area contributed by atoms with E-state index in [1.165, 1.54) is 18.3 Å². The molecule has 1 aromatic heterocycles. The van der Waals surface area contributed by atoms with Gasteiger partial charge in [0, 0.05) is 30.1 Å². The predicted octanol–water partition coefficient (Wildman–Crippen LogP) is 2.72. The Morgan fingerprint density at radius 1 is 1.35 bits per heavy atom. The van der Waals surface area contributed by atoms with E-state index in [9.17, 15) is 14.4 Å². The van der Waals surface area contributed by atoms with Crippen LogP contribution < -0.4 is 4.90 Å². The van der Waals surface area contributed by atoms with Gasteiger partial charge in [-0.2, -0.15) is 0 Å². The van der Waals surface area contributed by atoms with Gasteiger partial charge in [-0.25, -0.2) is 4.98 Å². The maximum atomic E-state index is 12.6. The van der Waals surface area contributed by atoms with Gasteiger partial charge in [0.05, 0.1) is 17.1 Å². The third-order valence-corrected chi connectivity index (χ3v) is 5.13. The van der Waals surface area contributed by atoms with Crippen molar-refractivity contribution < 1.29 is 19.1 Å². The fourth-order valence-corrected chi connectivity index (χ4v) is 3.66. The summed E-state index contributed by atoms with van der Waals surface area (Å²) >= 11 is 1.47. The molecule has 1 atom stereocenters. The molecule has 2 aromatic rings. The summed E-state index contributed by atoms with van der Waals surface area (Å²) in [5.74, 6) is -0.737. The van der Waals surface area contributed by atoms with Gasteiger partial charge in [0.2, 0.25) is 11.7 Å². The number of carbonyl (C=O) groups excluding carboxylic acids is 3. The Hall–Kier alpha value is -2.54. The maximum absolute atomic E-state index is 12.6. The Labute approximate surface area is 155 Å². The van der Waals surface area contributed by atoms with Crippen molar-refractivity contribution in [2.45, 2.75) is 39.7 Å². The number of amides is 1. The van der Waals surface area contributed by atoms with Crippen molar-refractivity contribution in [1.29, 1.82) is 0 Å². The average Bonchev–Trinajstić information content (AvgIpc) is 3.19. The molecule has 1 aliphatic heterocycles. The highest BCUT2D eigenvalue weighted by Crippen LogP contribution is 2.29. The van der Waals surface area contributed by atoms with Crippen molar-refractivity contribution in [2.75, 3.05) is 11.4 Å². The van der Waals surface area contributed by atoms with Gasteiger partial charge < -0.3 is 9.64 Å². The first kappa shape index (κ1) is 18.3. The number of thiazole rings is 1. The molecule has 1 amide bonds. The Morgan fingerprint density at radius 2 is 2.12 bits per heavy atom. The van der Waals surface area contributed by atoms with E-state index in [2.05, 4.69) is 4.98 Å². The molecule has 1 unspecified atom stereocenters. The minimum atomic E-state index is -0.870. The highest BCUT2D eigenvalue weighted by atomic mass is 32.1. The largest absolute Gasteiger partial charge is 0.454 e. The van der Waals surface area contributed by atoms with Crippen molar-refractivity contribution in [1.82, 2.24) is 4.98 Å². The first-order valence-electron chi connectivity index (χ1n) is 8.41. The van der Waals surface area contributed by atoms with E-state index in [1.807, 2.05) is 12.3 Å². The lowest BCUT2D eigenvalue weighted by Crippen LogP contribution is -2.26. The minimum absolute atomic E-state index is 0.0117. The zero-order valence-corrected chi connectivity index (χ0v) is 15.8. The van der Waals surface area contributed by atoms with Crippen LogP contribution in [0.3, 0.4) is 0 Å². The SMILES string of the molecule is CC(=O)N1CCc2cc(C(=O)C(C)OC(=O)Cc3csc(C)n3)ccc21. The second-order valence-corrected chi connectivity index (χ2v) is 7.36. The number of nitrogens with zero attached hydrogens (tertiary/aromatic N) is 2. The number of hydrogen-bond donors (Lipinski definition) is 0. The van der Waals surface area contributed by atoms with E-state index in [-0.39, 0.29) is 18.1 Å². The van der Waals surface area contributed by atoms with Crippen LogP contribution in [0.2, 0.25) is 0 Å². The lowest BCUT2D eigenvalue weighted by Gasteiger charge is -2.16. The standard InChI is InChI=1S/C19H20N2O4S/c1-11(25-18(23)9-16-10-26-12(2)20-16)19(24)15-4-5-17-14(8-15)6-7-21(17)13(3)22/h4-5,8,10-11H,6-7,9H2,1-3H3. The molecular formula is C19H20N2O4S. The number of fused-ring (bicyclic) bond motifs is 1. The summed E-state index contributed by atoms with van der Waals surface area (Å²) in [6.45, 7) is 5.59. The number of benzene rings is 1. The van der Waals surface area contributed by atoms with E-state index in [0.717, 1.165) is 16.3 Å². The summed E-state index contributed by atoms with van der Waals surface area (Å²) in [4.78, 5) is 42.1. The first-order valence-corrected chi connectivity index (χ1v) is 9.29. The first-order chi connectivity index (χ1) is 12.3. The van der Waals surface area contributed by atoms with Gasteiger partial charge in [-0.05, 0) is 44.0 Å². The molecular weight excluding hydrogens is 352 g/mol. The zero-order chi connectivity index (χ0) is 18.8. The molecule has 3 rings (SSSR count). The lowest BCUT2D eigenvalue weighted by atomic mass is 10.0. The van der Waals surface area contributed by atoms with Crippen LogP contribution in [0.5, 0.6) is 0 Å². The minimum Gasteiger partial charge on any atom is -0.454 e. The summed E-state index contributed by atoms with van der Waals surface area (Å²) in [6.07, 6.45) is -0.0989. The second-order valence-electron chi connectivity index (χ2n) is 6.30. The average molecular weight is 372 g/mol. The molecule has 0 spiro atoms. The molecule has 136 valence electrons. The molecule has 1 aliphatic rings. The molecule has 0 radical (unpaired) electrons. The van der Waals surface area contributed by atoms with Crippen LogP contribution in [0.25, 0.3) is 0 Å². The summed E-state index contributed by atoms with van der Waals surface area (Å²) in [6, 6.07) is 5.24. The van der Waals surface area contributed by atoms with Crippen molar-refractivity contribution in [3.8, 4) is 0 Å². The van der Waals surface area contributed by atoms with Crippen LogP contribution >= 0.6 is 11.3 Å². The number of anilines is 1. The van der Waals surface area contributed by atoms with Crippen molar-refractivity contribution >= 4 is 34.7 Å². The van der Waals surface area contributed by atoms with Crippen LogP contribution in [-0.2, 0) is 27.2 Å². The smallest absolute Gasteiger partial charge is 0.312 e. The van der Waals surface area contributed by atoms with Crippen molar-refractivity contribution in [3.05, 3.63) is 45.4 Å². The van der Waals surface area contributed by atoms with Crippen LogP contribution in [0.15, 0.2) is 23.6 Å². The molecule has 6 nitrogen and oxygen atoms in total. The number of ether oxygens (including phenoxy) is 1. The van der Waals surface area contributed by atoms with Crippen LogP contribution in [0.1, 0.15) is 40.5 Å². The fraction of sp³-hybridized carbons (Fsp3) is 0.368. The molecule has 0 saturated heterocycles. The Morgan fingerprint density at radius 3 is 2.77 bits per heavy atom. The molecule has 0 aliphatic carbocycles. The van der Waals surface area contributed by atoms with Gasteiger partial charge in [-0.15, -0.1) is 11.3 Å². The van der Waals surface area contributed by atoms with Gasteiger partial charge >= 0.3 is 5.97 Å². The Kier molecular flexibility index (Phi) is 5.18. The third kappa shape index (κ3) is 3.83. The molecule has 1 aromatic carbocycles. The monoisotopic (exact) mass is 372 g/mol. The number of aryl methyl sites for hydroxylation is 1. The lowest BCUT2D eigenvalue weighted by molar-refractivity contribution is -0.145. The molecule has 0 N–H and O–H groups in total. The number of rotatable bonds is 5. The topological polar surface area (TPSA) is 76.6 Å². The highest BCUT2D eigenvalue weighted by Gasteiger charge is 2.25. The summed E-state index contributed by atoms with van der Waals surface area (Å²) in [7, 11) is 0. The maximum Gasteiger partial charge on any atom is 0.312 e. The van der Waals surface area contributed by atoms with Gasteiger partial charge in [-0.1, -0.05) is 0 Å². The fourth-order valence-electron chi connectivity index (χ4n) is 3.05. The van der Waals surface area contributed by atoms with E-state index >= 15 is 0 Å².